The van der Waals surface area contributed by atoms with Gasteiger partial charge in [-0.1, -0.05) is 0 Å². The van der Waals surface area contributed by atoms with Crippen LogP contribution in [0, 0.1) is 0 Å². The molecule has 8 nitrogen and oxygen atoms in total. The van der Waals surface area contributed by atoms with Crippen LogP contribution in [-0.2, 0) is 12.1 Å². The molecule has 0 radical (unpaired) electrons. The third-order valence-corrected chi connectivity index (χ3v) is 4.75. The predicted molar refractivity (Wildman–Crippen MR) is 97.3 cm³/mol. The van der Waals surface area contributed by atoms with Gasteiger partial charge in [-0.3, -0.25) is 19.3 Å². The first-order chi connectivity index (χ1) is 15.0. The Morgan fingerprint density at radius 2 is 1.69 bits per heavy atom. The highest BCUT2D eigenvalue weighted by Gasteiger charge is 2.75. The van der Waals surface area contributed by atoms with Crippen molar-refractivity contribution in [2.75, 3.05) is 5.32 Å². The molecule has 3 aromatic rings. The Labute approximate surface area is 173 Å². The molecule has 0 bridgehead atoms. The summed E-state index contributed by atoms with van der Waals surface area (Å²) in [7, 11) is 0. The molecule has 0 fully saturated rings. The quantitative estimate of drug-likeness (QED) is 0.587. The molecule has 0 spiro atoms. The monoisotopic (exact) mass is 459 g/mol. The van der Waals surface area contributed by atoms with E-state index in [4.69, 9.17) is 4.42 Å². The Hall–Kier alpha value is -3.84. The van der Waals surface area contributed by atoms with E-state index in [1.165, 1.54) is 23.4 Å². The van der Waals surface area contributed by atoms with Crippen molar-refractivity contribution in [3.05, 3.63) is 80.6 Å². The molecule has 1 aliphatic rings. The lowest BCUT2D eigenvalue weighted by atomic mass is 9.87. The number of pyridine rings is 1. The van der Waals surface area contributed by atoms with E-state index in [2.05, 4.69) is 15.3 Å². The van der Waals surface area contributed by atoms with Gasteiger partial charge in [0, 0.05) is 18.0 Å². The third kappa shape index (κ3) is 3.18. The smallest absolute Gasteiger partial charge is 0.427 e. The van der Waals surface area contributed by atoms with Gasteiger partial charge in [-0.15, -0.1) is 0 Å². The van der Waals surface area contributed by atoms with Gasteiger partial charge in [0.2, 0.25) is 0 Å². The number of anilines is 1. The number of hydrogen-bond donors (Lipinski definition) is 2. The van der Waals surface area contributed by atoms with Crippen molar-refractivity contribution >= 4 is 11.7 Å². The summed E-state index contributed by atoms with van der Waals surface area (Å²) in [6.07, 6.45) is -8.70. The maximum Gasteiger partial charge on any atom is 0.427 e. The van der Waals surface area contributed by atoms with Gasteiger partial charge in [0.05, 0.1) is 12.8 Å². The van der Waals surface area contributed by atoms with Gasteiger partial charge in [-0.05, 0) is 24.3 Å². The second-order valence-electron chi connectivity index (χ2n) is 6.68. The number of hydrogen-bond acceptors (Lipinski definition) is 6. The highest BCUT2D eigenvalue weighted by atomic mass is 19.4. The molecule has 2 N–H and O–H groups in total. The topological polar surface area (TPSA) is 105 Å². The summed E-state index contributed by atoms with van der Waals surface area (Å²) in [6.45, 7) is -0.562. The number of furan rings is 1. The fraction of sp³-hybridized carbons (Fsp3) is 0.222. The normalized spacial score (nSPS) is 15.6. The summed E-state index contributed by atoms with van der Waals surface area (Å²) in [6, 6.07) is 5.00. The number of rotatable bonds is 3. The van der Waals surface area contributed by atoms with Crippen LogP contribution in [0.5, 0.6) is 0 Å². The Morgan fingerprint density at radius 1 is 1.03 bits per heavy atom. The van der Waals surface area contributed by atoms with Crippen molar-refractivity contribution in [1.29, 1.82) is 0 Å². The van der Waals surface area contributed by atoms with Crippen LogP contribution in [-0.4, -0.2) is 32.7 Å². The number of nitrogens with zero attached hydrogens (tertiary/aromatic N) is 3. The van der Waals surface area contributed by atoms with Crippen LogP contribution in [0.4, 0.5) is 32.2 Å². The molecule has 0 saturated carbocycles. The number of H-pyrrole nitrogens is 1. The zero-order chi connectivity index (χ0) is 23.3. The molecule has 1 aliphatic heterocycles. The SMILES string of the molecule is O=c1[nH]c(=O)n(Cc2ccco2)c2c1C(C(F)(F)F)(C(F)(F)F)N=C(c1ccncc1)N2. The Bertz CT molecular complexity index is 1280. The molecule has 0 saturated heterocycles. The van der Waals surface area contributed by atoms with E-state index in [-0.39, 0.29) is 11.3 Å². The van der Waals surface area contributed by atoms with Crippen molar-refractivity contribution in [3.63, 3.8) is 0 Å². The van der Waals surface area contributed by atoms with E-state index in [0.29, 0.717) is 4.57 Å². The van der Waals surface area contributed by atoms with Crippen LogP contribution in [0.1, 0.15) is 16.9 Å². The molecule has 0 aliphatic carbocycles. The van der Waals surface area contributed by atoms with Gasteiger partial charge in [-0.25, -0.2) is 9.79 Å². The molecule has 0 amide bonds. The Balaban J connectivity index is 2.11. The van der Waals surface area contributed by atoms with Gasteiger partial charge in [0.15, 0.2) is 0 Å². The molecule has 0 aromatic carbocycles. The standard InChI is InChI=1S/C18H11F6N5O3/c19-17(20,21)16(18(22,23)24)11-13(26-12(28-16)9-3-5-25-6-4-9)29(15(31)27-14(11)30)8-10-2-1-7-32-10/h1-7H,8H2,(H,26,28)(H,27,30,31). The number of aromatic amines is 1. The third-order valence-electron chi connectivity index (χ3n) is 4.75. The largest absolute Gasteiger partial charge is 0.467 e. The minimum atomic E-state index is -6.08. The minimum absolute atomic E-state index is 0.0424. The lowest BCUT2D eigenvalue weighted by Crippen LogP contribution is -2.59. The Morgan fingerprint density at radius 3 is 2.25 bits per heavy atom. The summed E-state index contributed by atoms with van der Waals surface area (Å²) in [5.74, 6) is -1.82. The average molecular weight is 459 g/mol. The zero-order valence-corrected chi connectivity index (χ0v) is 15.6. The second-order valence-corrected chi connectivity index (χ2v) is 6.68. The lowest BCUT2D eigenvalue weighted by molar-refractivity contribution is -0.301. The van der Waals surface area contributed by atoms with Gasteiger partial charge in [-0.2, -0.15) is 26.3 Å². The number of aromatic nitrogens is 3. The number of halogens is 6. The van der Waals surface area contributed by atoms with Crippen LogP contribution in [0.25, 0.3) is 0 Å². The van der Waals surface area contributed by atoms with E-state index in [1.54, 1.807) is 0 Å². The molecule has 32 heavy (non-hydrogen) atoms. The molecular weight excluding hydrogens is 448 g/mol. The first-order valence-corrected chi connectivity index (χ1v) is 8.76. The summed E-state index contributed by atoms with van der Waals surface area (Å²) in [5.41, 5.74) is -10.0. The number of amidine groups is 1. The summed E-state index contributed by atoms with van der Waals surface area (Å²) < 4.78 is 90.3. The minimum Gasteiger partial charge on any atom is -0.467 e. The molecule has 0 unspecified atom stereocenters. The summed E-state index contributed by atoms with van der Waals surface area (Å²) in [5, 5.41) is 2.30. The first-order valence-electron chi connectivity index (χ1n) is 8.76. The van der Waals surface area contributed by atoms with Gasteiger partial charge in [0.25, 0.3) is 11.1 Å². The van der Waals surface area contributed by atoms with E-state index in [1.807, 2.05) is 0 Å². The van der Waals surface area contributed by atoms with Crippen LogP contribution in [0.2, 0.25) is 0 Å². The molecule has 14 heteroatoms. The zero-order valence-electron chi connectivity index (χ0n) is 15.6. The van der Waals surface area contributed by atoms with E-state index < -0.39 is 52.9 Å². The molecule has 4 rings (SSSR count). The maximum absolute atomic E-state index is 14.1. The molecule has 4 heterocycles. The van der Waals surface area contributed by atoms with Crippen LogP contribution in [0.3, 0.4) is 0 Å². The van der Waals surface area contributed by atoms with E-state index in [9.17, 15) is 35.9 Å². The number of aliphatic imine (C=N–C) groups is 1. The fourth-order valence-electron chi connectivity index (χ4n) is 3.33. The highest BCUT2D eigenvalue weighted by molar-refractivity contribution is 6.09. The van der Waals surface area contributed by atoms with Crippen molar-refractivity contribution in [2.45, 2.75) is 24.4 Å². The van der Waals surface area contributed by atoms with Crippen molar-refractivity contribution in [3.8, 4) is 0 Å². The Kier molecular flexibility index (Phi) is 4.75. The lowest BCUT2D eigenvalue weighted by Gasteiger charge is -2.38. The molecule has 0 atom stereocenters. The predicted octanol–water partition coefficient (Wildman–Crippen LogP) is 2.77. The second kappa shape index (κ2) is 7.10. The van der Waals surface area contributed by atoms with Crippen LogP contribution in [0.15, 0.2) is 61.9 Å². The number of fused-ring (bicyclic) bond motifs is 1. The first kappa shape index (κ1) is 21.4. The van der Waals surface area contributed by atoms with Crippen molar-refractivity contribution < 1.29 is 30.8 Å². The average Bonchev–Trinajstić information content (AvgIpc) is 3.22. The molecule has 168 valence electrons. The molecule has 3 aromatic heterocycles. The van der Waals surface area contributed by atoms with E-state index in [0.717, 1.165) is 24.5 Å². The fourth-order valence-corrected chi connectivity index (χ4v) is 3.33. The van der Waals surface area contributed by atoms with Crippen molar-refractivity contribution in [2.24, 2.45) is 4.99 Å². The summed E-state index contributed by atoms with van der Waals surface area (Å²) >= 11 is 0. The van der Waals surface area contributed by atoms with Crippen molar-refractivity contribution in [1.82, 2.24) is 14.5 Å². The number of nitrogens with one attached hydrogen (secondary N) is 2. The maximum atomic E-state index is 14.1. The van der Waals surface area contributed by atoms with Gasteiger partial charge in [0.1, 0.15) is 23.0 Å². The van der Waals surface area contributed by atoms with E-state index >= 15 is 0 Å². The van der Waals surface area contributed by atoms with Gasteiger partial charge >= 0.3 is 18.0 Å². The number of alkyl halides is 6. The van der Waals surface area contributed by atoms with Crippen LogP contribution >= 0.6 is 0 Å². The van der Waals surface area contributed by atoms with Gasteiger partial charge < -0.3 is 9.73 Å². The summed E-state index contributed by atoms with van der Waals surface area (Å²) in [4.78, 5) is 32.9. The van der Waals surface area contributed by atoms with Crippen LogP contribution < -0.4 is 16.6 Å². The highest BCUT2D eigenvalue weighted by Crippen LogP contribution is 2.55. The molecular formula is C18H11F6N5O3.